The zero-order valence-corrected chi connectivity index (χ0v) is 17.8. The molecule has 0 heterocycles. The van der Waals surface area contributed by atoms with E-state index < -0.39 is 0 Å². The van der Waals surface area contributed by atoms with Gasteiger partial charge in [-0.05, 0) is 48.2 Å². The summed E-state index contributed by atoms with van der Waals surface area (Å²) in [5, 5.41) is 3.18. The lowest BCUT2D eigenvalue weighted by Crippen LogP contribution is -2.21. The van der Waals surface area contributed by atoms with Crippen molar-refractivity contribution in [3.8, 4) is 5.75 Å². The molecule has 0 aliphatic heterocycles. The Kier molecular flexibility index (Phi) is 7.26. The van der Waals surface area contributed by atoms with Crippen LogP contribution in [0.2, 0.25) is 5.02 Å². The highest BCUT2D eigenvalue weighted by Crippen LogP contribution is 2.24. The molecule has 3 aromatic carbocycles. The summed E-state index contributed by atoms with van der Waals surface area (Å²) < 4.78 is 5.59. The normalized spacial score (nSPS) is 11.6. The largest absolute Gasteiger partial charge is 0.484 e. The van der Waals surface area contributed by atoms with E-state index in [0.29, 0.717) is 33.5 Å². The van der Waals surface area contributed by atoms with E-state index in [4.69, 9.17) is 16.3 Å². The van der Waals surface area contributed by atoms with Crippen LogP contribution in [0, 0.1) is 0 Å². The highest BCUT2D eigenvalue weighted by atomic mass is 35.5. The third-order valence-corrected chi connectivity index (χ3v) is 5.20. The van der Waals surface area contributed by atoms with Gasteiger partial charge in [-0.25, -0.2) is 0 Å². The first kappa shape index (κ1) is 21.6. The number of rotatable bonds is 8. The fraction of sp³-hybridized carbons (Fsp3) is 0.200. The molecule has 0 fully saturated rings. The Hall–Kier alpha value is -3.11. The summed E-state index contributed by atoms with van der Waals surface area (Å²) in [5.41, 5.74) is 2.49. The molecule has 0 aliphatic carbocycles. The smallest absolute Gasteiger partial charge is 0.262 e. The third-order valence-electron chi connectivity index (χ3n) is 4.97. The number of hydrogen-bond donors (Lipinski definition) is 1. The second-order valence-electron chi connectivity index (χ2n) is 7.10. The molecule has 0 aliphatic rings. The molecule has 4 nitrogen and oxygen atoms in total. The molecule has 3 aromatic rings. The minimum Gasteiger partial charge on any atom is -0.484 e. The Morgan fingerprint density at radius 1 is 1.00 bits per heavy atom. The van der Waals surface area contributed by atoms with Gasteiger partial charge >= 0.3 is 0 Å². The van der Waals surface area contributed by atoms with Crippen molar-refractivity contribution < 1.29 is 14.3 Å². The third kappa shape index (κ3) is 5.49. The maximum absolute atomic E-state index is 12.9. The van der Waals surface area contributed by atoms with Crippen LogP contribution in [0.5, 0.6) is 5.75 Å². The molecule has 0 radical (unpaired) electrons. The summed E-state index contributed by atoms with van der Waals surface area (Å²) >= 11 is 6.08. The highest BCUT2D eigenvalue weighted by Gasteiger charge is 2.16. The van der Waals surface area contributed by atoms with E-state index >= 15 is 0 Å². The Labute approximate surface area is 181 Å². The highest BCUT2D eigenvalue weighted by molar-refractivity contribution is 6.31. The van der Waals surface area contributed by atoms with Gasteiger partial charge in [-0.2, -0.15) is 0 Å². The maximum atomic E-state index is 12.9. The van der Waals surface area contributed by atoms with Crippen LogP contribution in [0.3, 0.4) is 0 Å². The number of benzene rings is 3. The number of hydrogen-bond acceptors (Lipinski definition) is 3. The summed E-state index contributed by atoms with van der Waals surface area (Å²) in [5.74, 6) is 0.530. The van der Waals surface area contributed by atoms with Crippen molar-refractivity contribution in [2.75, 3.05) is 11.9 Å². The monoisotopic (exact) mass is 421 g/mol. The van der Waals surface area contributed by atoms with Crippen molar-refractivity contribution in [3.05, 3.63) is 94.5 Å². The topological polar surface area (TPSA) is 55.4 Å². The Balaban J connectivity index is 1.67. The minimum absolute atomic E-state index is 0.162. The molecule has 1 amide bonds. The van der Waals surface area contributed by atoms with Gasteiger partial charge < -0.3 is 10.1 Å². The molecule has 0 bridgehead atoms. The summed E-state index contributed by atoms with van der Waals surface area (Å²) in [7, 11) is 0. The van der Waals surface area contributed by atoms with Gasteiger partial charge in [0, 0.05) is 16.1 Å². The van der Waals surface area contributed by atoms with Gasteiger partial charge in [0.2, 0.25) is 0 Å². The van der Waals surface area contributed by atoms with Gasteiger partial charge in [0.05, 0.1) is 5.69 Å². The van der Waals surface area contributed by atoms with Gasteiger partial charge in [0.1, 0.15) is 5.75 Å². The summed E-state index contributed by atoms with van der Waals surface area (Å²) in [6.07, 6.45) is 1.06. The fourth-order valence-corrected chi connectivity index (χ4v) is 3.19. The van der Waals surface area contributed by atoms with E-state index in [1.54, 1.807) is 42.5 Å². The lowest BCUT2D eigenvalue weighted by Gasteiger charge is -2.13. The number of nitrogens with one attached hydrogen (secondary N) is 1. The molecule has 0 aromatic heterocycles. The number of anilines is 1. The quantitative estimate of drug-likeness (QED) is 0.447. The molecule has 30 heavy (non-hydrogen) atoms. The molecular weight excluding hydrogens is 398 g/mol. The number of ether oxygens (including phenoxy) is 1. The molecule has 1 atom stereocenters. The number of carbonyl (C=O) groups is 2. The van der Waals surface area contributed by atoms with Crippen LogP contribution >= 0.6 is 11.6 Å². The van der Waals surface area contributed by atoms with Crippen LogP contribution in [-0.2, 0) is 4.79 Å². The van der Waals surface area contributed by atoms with Crippen LogP contribution in [0.4, 0.5) is 5.69 Å². The standard InChI is InChI=1S/C25H24ClNO3/c1-3-17(2)18-9-12-21(13-10-18)30-16-24(28)27-23-14-11-20(26)15-22(23)25(29)19-7-5-4-6-8-19/h4-15,17H,3,16H2,1-2H3,(H,27,28). The van der Waals surface area contributed by atoms with Gasteiger partial charge in [0.25, 0.3) is 5.91 Å². The number of halogens is 1. The van der Waals surface area contributed by atoms with Gasteiger partial charge in [0.15, 0.2) is 12.4 Å². The number of carbonyl (C=O) groups excluding carboxylic acids is 2. The van der Waals surface area contributed by atoms with E-state index in [-0.39, 0.29) is 18.3 Å². The van der Waals surface area contributed by atoms with Crippen LogP contribution in [0.15, 0.2) is 72.8 Å². The van der Waals surface area contributed by atoms with E-state index in [1.165, 1.54) is 5.56 Å². The SMILES string of the molecule is CCC(C)c1ccc(OCC(=O)Nc2ccc(Cl)cc2C(=O)c2ccccc2)cc1. The average molecular weight is 422 g/mol. The molecule has 3 rings (SSSR count). The lowest BCUT2D eigenvalue weighted by atomic mass is 9.99. The van der Waals surface area contributed by atoms with Crippen molar-refractivity contribution in [2.24, 2.45) is 0 Å². The van der Waals surface area contributed by atoms with Crippen LogP contribution in [0.1, 0.15) is 47.7 Å². The predicted molar refractivity (Wildman–Crippen MR) is 121 cm³/mol. The second-order valence-corrected chi connectivity index (χ2v) is 7.54. The lowest BCUT2D eigenvalue weighted by molar-refractivity contribution is -0.118. The van der Waals surface area contributed by atoms with Gasteiger partial charge in [-0.3, -0.25) is 9.59 Å². The summed E-state index contributed by atoms with van der Waals surface area (Å²) in [6, 6.07) is 21.4. The molecule has 0 spiro atoms. The summed E-state index contributed by atoms with van der Waals surface area (Å²) in [6.45, 7) is 4.15. The molecule has 154 valence electrons. The molecular formula is C25H24ClNO3. The average Bonchev–Trinajstić information content (AvgIpc) is 2.78. The number of ketones is 1. The molecule has 1 unspecified atom stereocenters. The first-order chi connectivity index (χ1) is 14.5. The van der Waals surface area contributed by atoms with E-state index in [1.807, 2.05) is 30.3 Å². The zero-order valence-electron chi connectivity index (χ0n) is 17.0. The van der Waals surface area contributed by atoms with Gasteiger partial charge in [-0.1, -0.05) is 67.9 Å². The number of amides is 1. The maximum Gasteiger partial charge on any atom is 0.262 e. The Bertz CT molecular complexity index is 1020. The van der Waals surface area contributed by atoms with Crippen molar-refractivity contribution >= 4 is 29.0 Å². The van der Waals surface area contributed by atoms with E-state index in [9.17, 15) is 9.59 Å². The zero-order chi connectivity index (χ0) is 21.5. The van der Waals surface area contributed by atoms with Crippen LogP contribution in [-0.4, -0.2) is 18.3 Å². The first-order valence-electron chi connectivity index (χ1n) is 9.90. The molecule has 0 saturated carbocycles. The molecule has 5 heteroatoms. The van der Waals surface area contributed by atoms with Crippen LogP contribution in [0.25, 0.3) is 0 Å². The van der Waals surface area contributed by atoms with E-state index in [0.717, 1.165) is 6.42 Å². The fourth-order valence-electron chi connectivity index (χ4n) is 3.02. The minimum atomic E-state index is -0.356. The Morgan fingerprint density at radius 2 is 1.70 bits per heavy atom. The van der Waals surface area contributed by atoms with Crippen LogP contribution < -0.4 is 10.1 Å². The Morgan fingerprint density at radius 3 is 2.37 bits per heavy atom. The second kappa shape index (κ2) is 10.1. The van der Waals surface area contributed by atoms with Crippen molar-refractivity contribution in [1.29, 1.82) is 0 Å². The predicted octanol–water partition coefficient (Wildman–Crippen LogP) is 6.10. The van der Waals surface area contributed by atoms with Crippen molar-refractivity contribution in [3.63, 3.8) is 0 Å². The molecule has 1 N–H and O–H groups in total. The van der Waals surface area contributed by atoms with Gasteiger partial charge in [-0.15, -0.1) is 0 Å². The first-order valence-corrected chi connectivity index (χ1v) is 10.3. The van der Waals surface area contributed by atoms with E-state index in [2.05, 4.69) is 19.2 Å². The summed E-state index contributed by atoms with van der Waals surface area (Å²) in [4.78, 5) is 25.3. The molecule has 0 saturated heterocycles. The van der Waals surface area contributed by atoms with Crippen molar-refractivity contribution in [2.45, 2.75) is 26.2 Å². The van der Waals surface area contributed by atoms with Crippen molar-refractivity contribution in [1.82, 2.24) is 0 Å².